The van der Waals surface area contributed by atoms with Crippen LogP contribution in [-0.4, -0.2) is 22.6 Å². The molecule has 0 spiro atoms. The summed E-state index contributed by atoms with van der Waals surface area (Å²) in [5.74, 6) is 0.858. The molecular weight excluding hydrogens is 162 g/mol. The van der Waals surface area contributed by atoms with E-state index in [1.54, 1.807) is 0 Å². The molecule has 0 aliphatic carbocycles. The van der Waals surface area contributed by atoms with E-state index in [-0.39, 0.29) is 0 Å². The van der Waals surface area contributed by atoms with E-state index in [1.807, 2.05) is 12.5 Å². The summed E-state index contributed by atoms with van der Waals surface area (Å²) in [5.41, 5.74) is 1.37. The summed E-state index contributed by atoms with van der Waals surface area (Å²) >= 11 is 0. The van der Waals surface area contributed by atoms with E-state index >= 15 is 0 Å². The van der Waals surface area contributed by atoms with Crippen molar-refractivity contribution in [2.75, 3.05) is 13.1 Å². The number of rotatable bonds is 2. The second-order valence-corrected chi connectivity index (χ2v) is 3.89. The molecule has 72 valence electrons. The first kappa shape index (κ1) is 8.75. The van der Waals surface area contributed by atoms with Crippen LogP contribution < -0.4 is 5.32 Å². The SMILES string of the molecule is Cn1cncc1CC1CCNCC1. The monoisotopic (exact) mass is 179 g/mol. The minimum Gasteiger partial charge on any atom is -0.338 e. The summed E-state index contributed by atoms with van der Waals surface area (Å²) in [7, 11) is 2.07. The minimum atomic E-state index is 0.858. The Balaban J connectivity index is 1.93. The molecule has 1 N–H and O–H groups in total. The first-order valence-electron chi connectivity index (χ1n) is 5.02. The van der Waals surface area contributed by atoms with E-state index < -0.39 is 0 Å². The Kier molecular flexibility index (Phi) is 2.64. The molecule has 0 aromatic carbocycles. The molecule has 1 aliphatic rings. The first-order chi connectivity index (χ1) is 6.36. The third kappa shape index (κ3) is 2.10. The number of aryl methyl sites for hydroxylation is 1. The number of aromatic nitrogens is 2. The van der Waals surface area contributed by atoms with Gasteiger partial charge < -0.3 is 9.88 Å². The normalized spacial score (nSPS) is 19.2. The molecule has 1 saturated heterocycles. The molecule has 1 aromatic heterocycles. The fourth-order valence-corrected chi connectivity index (χ4v) is 1.96. The van der Waals surface area contributed by atoms with Gasteiger partial charge in [0.2, 0.25) is 0 Å². The molecule has 3 nitrogen and oxygen atoms in total. The standard InChI is InChI=1S/C10H17N3/c1-13-8-12-7-10(13)6-9-2-4-11-5-3-9/h7-9,11H,2-6H2,1H3. The molecule has 2 rings (SSSR count). The second-order valence-electron chi connectivity index (χ2n) is 3.89. The predicted molar refractivity (Wildman–Crippen MR) is 52.5 cm³/mol. The summed E-state index contributed by atoms with van der Waals surface area (Å²) < 4.78 is 2.13. The van der Waals surface area contributed by atoms with Crippen molar-refractivity contribution in [2.45, 2.75) is 19.3 Å². The first-order valence-corrected chi connectivity index (χ1v) is 5.02. The summed E-state index contributed by atoms with van der Waals surface area (Å²) in [5, 5.41) is 3.39. The predicted octanol–water partition coefficient (Wildman–Crippen LogP) is 0.962. The number of nitrogens with one attached hydrogen (secondary N) is 1. The largest absolute Gasteiger partial charge is 0.338 e. The smallest absolute Gasteiger partial charge is 0.0945 e. The van der Waals surface area contributed by atoms with Crippen molar-refractivity contribution >= 4 is 0 Å². The Morgan fingerprint density at radius 1 is 1.54 bits per heavy atom. The Hall–Kier alpha value is -0.830. The summed E-state index contributed by atoms with van der Waals surface area (Å²) in [6, 6.07) is 0. The van der Waals surface area contributed by atoms with E-state index in [9.17, 15) is 0 Å². The molecule has 3 heteroatoms. The van der Waals surface area contributed by atoms with Gasteiger partial charge in [0.05, 0.1) is 6.33 Å². The number of piperidine rings is 1. The summed E-state index contributed by atoms with van der Waals surface area (Å²) in [6.07, 6.45) is 7.69. The van der Waals surface area contributed by atoms with E-state index in [0.29, 0.717) is 0 Å². The van der Waals surface area contributed by atoms with Crippen LogP contribution in [0.25, 0.3) is 0 Å². The average molecular weight is 179 g/mol. The van der Waals surface area contributed by atoms with Crippen molar-refractivity contribution < 1.29 is 0 Å². The van der Waals surface area contributed by atoms with E-state index in [4.69, 9.17) is 0 Å². The van der Waals surface area contributed by atoms with Crippen LogP contribution in [0.3, 0.4) is 0 Å². The van der Waals surface area contributed by atoms with Gasteiger partial charge in [-0.1, -0.05) is 0 Å². The van der Waals surface area contributed by atoms with Crippen LogP contribution in [-0.2, 0) is 13.5 Å². The van der Waals surface area contributed by atoms with Gasteiger partial charge in [-0.2, -0.15) is 0 Å². The molecule has 0 atom stereocenters. The minimum absolute atomic E-state index is 0.858. The molecule has 1 fully saturated rings. The Labute approximate surface area is 79.2 Å². The topological polar surface area (TPSA) is 29.9 Å². The molecule has 0 saturated carbocycles. The highest BCUT2D eigenvalue weighted by Gasteiger charge is 2.14. The van der Waals surface area contributed by atoms with Crippen LogP contribution in [0.5, 0.6) is 0 Å². The highest BCUT2D eigenvalue weighted by atomic mass is 15.0. The lowest BCUT2D eigenvalue weighted by molar-refractivity contribution is 0.367. The van der Waals surface area contributed by atoms with Gasteiger partial charge in [-0.15, -0.1) is 0 Å². The molecule has 0 bridgehead atoms. The Morgan fingerprint density at radius 2 is 2.31 bits per heavy atom. The van der Waals surface area contributed by atoms with Gasteiger partial charge >= 0.3 is 0 Å². The lowest BCUT2D eigenvalue weighted by atomic mass is 9.93. The zero-order chi connectivity index (χ0) is 9.10. The van der Waals surface area contributed by atoms with Gasteiger partial charge in [0, 0.05) is 18.9 Å². The van der Waals surface area contributed by atoms with Crippen LogP contribution in [0.1, 0.15) is 18.5 Å². The van der Waals surface area contributed by atoms with Gasteiger partial charge in [-0.05, 0) is 38.3 Å². The van der Waals surface area contributed by atoms with Gasteiger partial charge in [-0.3, -0.25) is 0 Å². The number of imidazole rings is 1. The maximum atomic E-state index is 4.13. The Bertz CT molecular complexity index is 261. The molecule has 0 amide bonds. The molecule has 2 heterocycles. The van der Waals surface area contributed by atoms with E-state index in [0.717, 1.165) is 5.92 Å². The van der Waals surface area contributed by atoms with Crippen LogP contribution in [0.15, 0.2) is 12.5 Å². The zero-order valence-electron chi connectivity index (χ0n) is 8.16. The van der Waals surface area contributed by atoms with Gasteiger partial charge in [-0.25, -0.2) is 4.98 Å². The van der Waals surface area contributed by atoms with Crippen molar-refractivity contribution in [3.8, 4) is 0 Å². The maximum absolute atomic E-state index is 4.13. The van der Waals surface area contributed by atoms with Gasteiger partial charge in [0.1, 0.15) is 0 Å². The zero-order valence-corrected chi connectivity index (χ0v) is 8.16. The van der Waals surface area contributed by atoms with Gasteiger partial charge in [0.15, 0.2) is 0 Å². The summed E-state index contributed by atoms with van der Waals surface area (Å²) in [6.45, 7) is 2.37. The molecule has 0 unspecified atom stereocenters. The van der Waals surface area contributed by atoms with Crippen LogP contribution >= 0.6 is 0 Å². The second kappa shape index (κ2) is 3.92. The highest BCUT2D eigenvalue weighted by Crippen LogP contribution is 2.16. The maximum Gasteiger partial charge on any atom is 0.0945 e. The van der Waals surface area contributed by atoms with Gasteiger partial charge in [0.25, 0.3) is 0 Å². The quantitative estimate of drug-likeness (QED) is 0.733. The lowest BCUT2D eigenvalue weighted by Gasteiger charge is -2.22. The van der Waals surface area contributed by atoms with Crippen molar-refractivity contribution in [1.82, 2.24) is 14.9 Å². The van der Waals surface area contributed by atoms with Crippen molar-refractivity contribution in [2.24, 2.45) is 13.0 Å². The Morgan fingerprint density at radius 3 is 2.92 bits per heavy atom. The summed E-state index contributed by atoms with van der Waals surface area (Å²) in [4.78, 5) is 4.13. The van der Waals surface area contributed by atoms with Crippen LogP contribution in [0.4, 0.5) is 0 Å². The van der Waals surface area contributed by atoms with E-state index in [1.165, 1.54) is 38.0 Å². The lowest BCUT2D eigenvalue weighted by Crippen LogP contribution is -2.28. The molecule has 1 aliphatic heterocycles. The molecule has 13 heavy (non-hydrogen) atoms. The third-order valence-corrected chi connectivity index (χ3v) is 2.87. The third-order valence-electron chi connectivity index (χ3n) is 2.87. The fraction of sp³-hybridized carbons (Fsp3) is 0.700. The molecule has 1 aromatic rings. The fourth-order valence-electron chi connectivity index (χ4n) is 1.96. The van der Waals surface area contributed by atoms with Crippen LogP contribution in [0, 0.1) is 5.92 Å². The van der Waals surface area contributed by atoms with Crippen molar-refractivity contribution in [1.29, 1.82) is 0 Å². The highest BCUT2D eigenvalue weighted by molar-refractivity contribution is 4.99. The van der Waals surface area contributed by atoms with Crippen molar-refractivity contribution in [3.63, 3.8) is 0 Å². The number of hydrogen-bond acceptors (Lipinski definition) is 2. The molecule has 0 radical (unpaired) electrons. The van der Waals surface area contributed by atoms with E-state index in [2.05, 4.69) is 21.9 Å². The number of hydrogen-bond donors (Lipinski definition) is 1. The average Bonchev–Trinajstić information content (AvgIpc) is 2.54. The van der Waals surface area contributed by atoms with Crippen molar-refractivity contribution in [3.05, 3.63) is 18.2 Å². The molecular formula is C10H17N3. The van der Waals surface area contributed by atoms with Crippen LogP contribution in [0.2, 0.25) is 0 Å². The number of nitrogens with zero attached hydrogens (tertiary/aromatic N) is 2.